The molecule has 16 heavy (non-hydrogen) atoms. The van der Waals surface area contributed by atoms with E-state index < -0.39 is 0 Å². The lowest BCUT2D eigenvalue weighted by atomic mass is 9.71. The molecule has 2 aliphatic rings. The molecule has 0 aromatic heterocycles. The molecular weight excluding hydrogens is 192 g/mol. The molecular formula is C16H20. The second-order valence-electron chi connectivity index (χ2n) is 5.30. The van der Waals surface area contributed by atoms with E-state index in [0.717, 1.165) is 11.8 Å². The van der Waals surface area contributed by atoms with Crippen LogP contribution >= 0.6 is 0 Å². The van der Waals surface area contributed by atoms with Gasteiger partial charge < -0.3 is 0 Å². The zero-order valence-corrected chi connectivity index (χ0v) is 9.86. The van der Waals surface area contributed by atoms with E-state index in [0.29, 0.717) is 0 Å². The van der Waals surface area contributed by atoms with E-state index in [-0.39, 0.29) is 0 Å². The van der Waals surface area contributed by atoms with E-state index in [2.05, 4.69) is 36.4 Å². The molecule has 0 spiro atoms. The molecule has 0 bridgehead atoms. The van der Waals surface area contributed by atoms with Crippen molar-refractivity contribution in [3.8, 4) is 0 Å². The largest absolute Gasteiger partial charge is 0.0773 e. The molecule has 1 aromatic rings. The van der Waals surface area contributed by atoms with Crippen molar-refractivity contribution in [1.29, 1.82) is 0 Å². The maximum Gasteiger partial charge on any atom is -0.0199 e. The van der Waals surface area contributed by atoms with Gasteiger partial charge in [0.1, 0.15) is 0 Å². The summed E-state index contributed by atoms with van der Waals surface area (Å²) in [6.45, 7) is 0. The smallest absolute Gasteiger partial charge is 0.0199 e. The number of fused-ring (bicyclic) bond motifs is 1. The van der Waals surface area contributed by atoms with Crippen LogP contribution in [0.2, 0.25) is 0 Å². The average molecular weight is 212 g/mol. The summed E-state index contributed by atoms with van der Waals surface area (Å²) >= 11 is 0. The van der Waals surface area contributed by atoms with Crippen LogP contribution in [0.1, 0.15) is 44.1 Å². The standard InChI is InChI=1S/C16H20/c1-2-6-13(7-3-1)16-11-10-14-8-4-5-9-15(14)12-16/h1-3,6-7,12,14-15H,4-5,8-11H2. The highest BCUT2D eigenvalue weighted by Gasteiger charge is 2.27. The Hall–Kier alpha value is -1.04. The second-order valence-corrected chi connectivity index (χ2v) is 5.30. The van der Waals surface area contributed by atoms with Gasteiger partial charge >= 0.3 is 0 Å². The quantitative estimate of drug-likeness (QED) is 0.634. The van der Waals surface area contributed by atoms with Crippen molar-refractivity contribution in [3.05, 3.63) is 42.0 Å². The molecule has 2 aliphatic carbocycles. The third kappa shape index (κ3) is 1.93. The first-order valence-corrected chi connectivity index (χ1v) is 6.69. The maximum atomic E-state index is 2.59. The SMILES string of the molecule is C1=C(c2ccccc2)CCC2CCCCC12. The minimum absolute atomic E-state index is 0.887. The Bertz CT molecular complexity index is 374. The van der Waals surface area contributed by atoms with Crippen LogP contribution in [0.25, 0.3) is 5.57 Å². The number of allylic oxidation sites excluding steroid dienone is 2. The van der Waals surface area contributed by atoms with Crippen molar-refractivity contribution < 1.29 is 0 Å². The number of benzene rings is 1. The van der Waals surface area contributed by atoms with Crippen LogP contribution in [0.4, 0.5) is 0 Å². The van der Waals surface area contributed by atoms with Crippen molar-refractivity contribution in [1.82, 2.24) is 0 Å². The lowest BCUT2D eigenvalue weighted by Gasteiger charge is -2.34. The third-order valence-corrected chi connectivity index (χ3v) is 4.31. The zero-order chi connectivity index (χ0) is 10.8. The normalized spacial score (nSPS) is 29.4. The summed E-state index contributed by atoms with van der Waals surface area (Å²) in [6, 6.07) is 10.9. The van der Waals surface area contributed by atoms with Crippen LogP contribution in [0.15, 0.2) is 36.4 Å². The molecule has 0 N–H and O–H groups in total. The highest BCUT2D eigenvalue weighted by Crippen LogP contribution is 2.41. The van der Waals surface area contributed by atoms with Crippen molar-refractivity contribution in [2.24, 2.45) is 11.8 Å². The number of hydrogen-bond donors (Lipinski definition) is 0. The summed E-state index contributed by atoms with van der Waals surface area (Å²) in [5.41, 5.74) is 3.05. The predicted octanol–water partition coefficient (Wildman–Crippen LogP) is 4.67. The van der Waals surface area contributed by atoms with Crippen LogP contribution in [-0.4, -0.2) is 0 Å². The van der Waals surface area contributed by atoms with Gasteiger partial charge in [-0.05, 0) is 48.7 Å². The Morgan fingerprint density at radius 3 is 2.56 bits per heavy atom. The van der Waals surface area contributed by atoms with E-state index in [4.69, 9.17) is 0 Å². The van der Waals surface area contributed by atoms with Crippen LogP contribution in [-0.2, 0) is 0 Å². The fraction of sp³-hybridized carbons (Fsp3) is 0.500. The molecule has 0 aliphatic heterocycles. The van der Waals surface area contributed by atoms with Crippen LogP contribution in [0.5, 0.6) is 0 Å². The molecule has 0 heterocycles. The number of hydrogen-bond acceptors (Lipinski definition) is 0. The Balaban J connectivity index is 1.84. The van der Waals surface area contributed by atoms with Crippen LogP contribution in [0, 0.1) is 11.8 Å². The monoisotopic (exact) mass is 212 g/mol. The summed E-state index contributed by atoms with van der Waals surface area (Å²) in [6.07, 6.45) is 11.1. The van der Waals surface area contributed by atoms with Gasteiger partial charge in [-0.25, -0.2) is 0 Å². The molecule has 1 saturated carbocycles. The van der Waals surface area contributed by atoms with Gasteiger partial charge in [-0.2, -0.15) is 0 Å². The minimum atomic E-state index is 0.887. The first kappa shape index (κ1) is 10.1. The van der Waals surface area contributed by atoms with E-state index in [9.17, 15) is 0 Å². The van der Waals surface area contributed by atoms with Gasteiger partial charge in [0, 0.05) is 0 Å². The summed E-state index contributed by atoms with van der Waals surface area (Å²) in [7, 11) is 0. The molecule has 2 atom stereocenters. The molecule has 3 rings (SSSR count). The van der Waals surface area contributed by atoms with E-state index in [1.54, 1.807) is 5.57 Å². The van der Waals surface area contributed by atoms with Gasteiger partial charge in [-0.15, -0.1) is 0 Å². The van der Waals surface area contributed by atoms with E-state index >= 15 is 0 Å². The Morgan fingerprint density at radius 1 is 0.875 bits per heavy atom. The van der Waals surface area contributed by atoms with Gasteiger partial charge in [-0.1, -0.05) is 49.2 Å². The lowest BCUT2D eigenvalue weighted by molar-refractivity contribution is 0.262. The molecule has 1 aromatic carbocycles. The summed E-state index contributed by atoms with van der Waals surface area (Å²) < 4.78 is 0. The molecule has 0 heteroatoms. The van der Waals surface area contributed by atoms with Gasteiger partial charge in [0.05, 0.1) is 0 Å². The number of rotatable bonds is 1. The van der Waals surface area contributed by atoms with E-state index in [1.165, 1.54) is 44.1 Å². The Labute approximate surface area is 98.4 Å². The van der Waals surface area contributed by atoms with Crippen LogP contribution in [0.3, 0.4) is 0 Å². The molecule has 0 radical (unpaired) electrons. The second kappa shape index (κ2) is 4.45. The molecule has 0 nitrogen and oxygen atoms in total. The highest BCUT2D eigenvalue weighted by molar-refractivity contribution is 5.66. The first-order chi connectivity index (χ1) is 7.93. The molecule has 84 valence electrons. The van der Waals surface area contributed by atoms with Crippen LogP contribution < -0.4 is 0 Å². The average Bonchev–Trinajstić information content (AvgIpc) is 2.39. The Morgan fingerprint density at radius 2 is 1.69 bits per heavy atom. The molecule has 0 amide bonds. The summed E-state index contributed by atoms with van der Waals surface area (Å²) in [4.78, 5) is 0. The van der Waals surface area contributed by atoms with Crippen molar-refractivity contribution in [3.63, 3.8) is 0 Å². The lowest BCUT2D eigenvalue weighted by Crippen LogP contribution is -2.21. The predicted molar refractivity (Wildman–Crippen MR) is 69.1 cm³/mol. The van der Waals surface area contributed by atoms with Crippen molar-refractivity contribution in [2.45, 2.75) is 38.5 Å². The van der Waals surface area contributed by atoms with Crippen molar-refractivity contribution in [2.75, 3.05) is 0 Å². The topological polar surface area (TPSA) is 0 Å². The maximum absolute atomic E-state index is 2.59. The summed E-state index contributed by atoms with van der Waals surface area (Å²) in [5, 5.41) is 0. The minimum Gasteiger partial charge on any atom is -0.0773 e. The van der Waals surface area contributed by atoms with Gasteiger partial charge in [0.2, 0.25) is 0 Å². The van der Waals surface area contributed by atoms with Crippen molar-refractivity contribution >= 4 is 5.57 Å². The highest BCUT2D eigenvalue weighted by atomic mass is 14.3. The fourth-order valence-corrected chi connectivity index (χ4v) is 3.39. The third-order valence-electron chi connectivity index (χ3n) is 4.31. The Kier molecular flexibility index (Phi) is 2.82. The molecule has 2 unspecified atom stereocenters. The van der Waals surface area contributed by atoms with Gasteiger partial charge in [-0.3, -0.25) is 0 Å². The molecule has 0 saturated heterocycles. The first-order valence-electron chi connectivity index (χ1n) is 6.69. The fourth-order valence-electron chi connectivity index (χ4n) is 3.39. The van der Waals surface area contributed by atoms with Gasteiger partial charge in [0.15, 0.2) is 0 Å². The summed E-state index contributed by atoms with van der Waals surface area (Å²) in [5.74, 6) is 1.89. The van der Waals surface area contributed by atoms with Gasteiger partial charge in [0.25, 0.3) is 0 Å². The zero-order valence-electron chi connectivity index (χ0n) is 9.86. The molecule has 1 fully saturated rings. The van der Waals surface area contributed by atoms with E-state index in [1.807, 2.05) is 0 Å².